The number of aliphatic hydroxyl groups excluding tert-OH is 3. The minimum atomic E-state index is -4.69. The number of piperazine rings is 1. The standard InChI is InChI=1S/C40H46F3IN4O7/c41-40(42,43)34-4-3-5-35(46-34)55-39-37(51)36(50)33(25-49)54-38(39)27-7-9-28(10-8-27)48-21-19-47(20-22-48)18-1-2-23-52-29-11-13-30(14-12-29)53-32-15-6-26(16-17-45)24-31(32)44/h3-15,24,33,36-39,49-51H,1-2,16-23,25,45H2/t33-,36+,37+,38-,39-/m1/s1. The number of ether oxygens (including phenoxy) is 4. The van der Waals surface area contributed by atoms with Gasteiger partial charge >= 0.3 is 6.18 Å². The fraction of sp³-hybridized carbons (Fsp3) is 0.425. The largest absolute Gasteiger partial charge is 0.494 e. The van der Waals surface area contributed by atoms with Gasteiger partial charge in [-0.05, 0) is 121 Å². The predicted molar refractivity (Wildman–Crippen MR) is 209 cm³/mol. The van der Waals surface area contributed by atoms with E-state index in [2.05, 4.69) is 43.4 Å². The number of aromatic nitrogens is 1. The summed E-state index contributed by atoms with van der Waals surface area (Å²) in [4.78, 5) is 8.24. The number of aliphatic hydroxyl groups is 3. The SMILES string of the molecule is NCCc1ccc(Oc2ccc(OCCCCN3CCN(c4ccc([C@H]5O[C@H](CO)[C@H](O)[C@H](O)[C@H]5Oc5cccc(C(F)(F)F)n5)cc4)CC3)cc2)c(I)c1. The van der Waals surface area contributed by atoms with Crippen LogP contribution in [0.25, 0.3) is 0 Å². The maximum absolute atomic E-state index is 13.3. The third-order valence-electron chi connectivity index (χ3n) is 9.72. The van der Waals surface area contributed by atoms with E-state index < -0.39 is 49.0 Å². The first-order valence-electron chi connectivity index (χ1n) is 18.3. The molecule has 2 aliphatic heterocycles. The molecule has 3 heterocycles. The Bertz CT molecular complexity index is 1810. The average Bonchev–Trinajstić information content (AvgIpc) is 3.18. The molecule has 1 aromatic heterocycles. The fourth-order valence-corrected chi connectivity index (χ4v) is 7.37. The maximum atomic E-state index is 13.3. The van der Waals surface area contributed by atoms with Crippen molar-refractivity contribution in [2.24, 2.45) is 5.73 Å². The molecule has 11 nitrogen and oxygen atoms in total. The molecule has 3 aromatic carbocycles. The summed E-state index contributed by atoms with van der Waals surface area (Å²) in [6.45, 7) is 5.07. The summed E-state index contributed by atoms with van der Waals surface area (Å²) >= 11 is 2.28. The van der Waals surface area contributed by atoms with E-state index in [1.807, 2.05) is 48.5 Å². The molecule has 4 aromatic rings. The van der Waals surface area contributed by atoms with Crippen LogP contribution < -0.4 is 24.8 Å². The summed E-state index contributed by atoms with van der Waals surface area (Å²) in [6.07, 6.45) is -8.45. The molecule has 2 saturated heterocycles. The van der Waals surface area contributed by atoms with Crippen LogP contribution in [0, 0.1) is 3.57 Å². The number of rotatable bonds is 15. The maximum Gasteiger partial charge on any atom is 0.433 e. The van der Waals surface area contributed by atoms with Crippen LogP contribution in [-0.2, 0) is 17.3 Å². The zero-order valence-electron chi connectivity index (χ0n) is 30.2. The van der Waals surface area contributed by atoms with Crippen LogP contribution in [0.4, 0.5) is 18.9 Å². The molecule has 5 atom stereocenters. The van der Waals surface area contributed by atoms with E-state index in [1.54, 1.807) is 12.1 Å². The minimum Gasteiger partial charge on any atom is -0.494 e. The Kier molecular flexibility index (Phi) is 14.1. The topological polar surface area (TPSA) is 143 Å². The summed E-state index contributed by atoms with van der Waals surface area (Å²) in [5.41, 5.74) is 7.25. The van der Waals surface area contributed by atoms with Crippen LogP contribution in [0.2, 0.25) is 0 Å². The number of halogens is 4. The van der Waals surface area contributed by atoms with Crippen molar-refractivity contribution < 1.29 is 47.4 Å². The summed E-state index contributed by atoms with van der Waals surface area (Å²) < 4.78 is 64.6. The van der Waals surface area contributed by atoms with Crippen molar-refractivity contribution in [3.05, 3.63) is 105 Å². The van der Waals surface area contributed by atoms with Crippen LogP contribution in [0.15, 0.2) is 84.9 Å². The van der Waals surface area contributed by atoms with Crippen molar-refractivity contribution in [2.75, 3.05) is 57.4 Å². The van der Waals surface area contributed by atoms with Crippen LogP contribution in [0.1, 0.15) is 35.8 Å². The first-order valence-corrected chi connectivity index (χ1v) is 19.4. The van der Waals surface area contributed by atoms with E-state index in [1.165, 1.54) is 11.6 Å². The van der Waals surface area contributed by atoms with Crippen molar-refractivity contribution >= 4 is 28.3 Å². The quantitative estimate of drug-likeness (QED) is 0.0879. The molecule has 0 amide bonds. The van der Waals surface area contributed by atoms with Gasteiger partial charge in [0.1, 0.15) is 47.4 Å². The summed E-state index contributed by atoms with van der Waals surface area (Å²) in [5, 5.41) is 31.2. The van der Waals surface area contributed by atoms with Crippen molar-refractivity contribution in [3.63, 3.8) is 0 Å². The normalized spacial score (nSPS) is 22.0. The first-order chi connectivity index (χ1) is 26.5. The lowest BCUT2D eigenvalue weighted by Crippen LogP contribution is -2.57. The number of unbranched alkanes of at least 4 members (excludes halogenated alkanes) is 1. The van der Waals surface area contributed by atoms with Crippen LogP contribution >= 0.6 is 22.6 Å². The van der Waals surface area contributed by atoms with Crippen molar-refractivity contribution in [3.8, 4) is 23.1 Å². The Hall–Kier alpha value is -3.71. The molecule has 6 rings (SSSR count). The second-order valence-corrected chi connectivity index (χ2v) is 14.7. The van der Waals surface area contributed by atoms with E-state index in [0.29, 0.717) is 18.7 Å². The molecule has 0 spiro atoms. The third-order valence-corrected chi connectivity index (χ3v) is 10.6. The second kappa shape index (κ2) is 19.0. The Labute approximate surface area is 331 Å². The van der Waals surface area contributed by atoms with Gasteiger partial charge < -0.3 is 44.9 Å². The molecular formula is C40H46F3IN4O7. The highest BCUT2D eigenvalue weighted by molar-refractivity contribution is 14.1. The summed E-state index contributed by atoms with van der Waals surface area (Å²) in [6, 6.07) is 24.4. The van der Waals surface area contributed by atoms with Crippen LogP contribution in [0.3, 0.4) is 0 Å². The van der Waals surface area contributed by atoms with Crippen molar-refractivity contribution in [1.82, 2.24) is 9.88 Å². The minimum absolute atomic E-state index is 0.378. The number of nitrogens with zero attached hydrogens (tertiary/aromatic N) is 3. The number of nitrogens with two attached hydrogens (primary N) is 1. The van der Waals surface area contributed by atoms with Gasteiger partial charge in [-0.15, -0.1) is 0 Å². The monoisotopic (exact) mass is 878 g/mol. The van der Waals surface area contributed by atoms with Gasteiger partial charge in [-0.3, -0.25) is 4.90 Å². The van der Waals surface area contributed by atoms with Crippen LogP contribution in [0.5, 0.6) is 23.1 Å². The number of pyridine rings is 1. The fourth-order valence-electron chi connectivity index (χ4n) is 6.68. The molecule has 296 valence electrons. The van der Waals surface area contributed by atoms with E-state index in [0.717, 1.165) is 90.6 Å². The molecule has 55 heavy (non-hydrogen) atoms. The molecule has 0 radical (unpaired) electrons. The predicted octanol–water partition coefficient (Wildman–Crippen LogP) is 5.58. The van der Waals surface area contributed by atoms with E-state index in [9.17, 15) is 28.5 Å². The molecule has 0 saturated carbocycles. The van der Waals surface area contributed by atoms with E-state index >= 15 is 0 Å². The number of benzene rings is 3. The molecule has 0 unspecified atom stereocenters. The molecule has 0 aliphatic carbocycles. The number of anilines is 1. The average molecular weight is 879 g/mol. The Morgan fingerprint density at radius 1 is 0.891 bits per heavy atom. The van der Waals surface area contributed by atoms with Gasteiger partial charge in [0, 0.05) is 37.9 Å². The molecule has 15 heteroatoms. The summed E-state index contributed by atoms with van der Waals surface area (Å²) in [5.74, 6) is 1.97. The number of alkyl halides is 3. The zero-order chi connectivity index (χ0) is 39.0. The van der Waals surface area contributed by atoms with Crippen molar-refractivity contribution in [2.45, 2.75) is 56.0 Å². The molecular weight excluding hydrogens is 832 g/mol. The van der Waals surface area contributed by atoms with Gasteiger partial charge in [-0.2, -0.15) is 13.2 Å². The highest BCUT2D eigenvalue weighted by atomic mass is 127. The van der Waals surface area contributed by atoms with Gasteiger partial charge in [-0.1, -0.05) is 24.3 Å². The van der Waals surface area contributed by atoms with Gasteiger partial charge in [0.05, 0.1) is 16.8 Å². The van der Waals surface area contributed by atoms with E-state index in [4.69, 9.17) is 24.7 Å². The molecule has 5 N–H and O–H groups in total. The second-order valence-electron chi connectivity index (χ2n) is 13.6. The van der Waals surface area contributed by atoms with E-state index in [-0.39, 0.29) is 5.88 Å². The third kappa shape index (κ3) is 10.8. The number of hydrogen-bond donors (Lipinski definition) is 4. The molecule has 2 fully saturated rings. The Balaban J connectivity index is 0.946. The lowest BCUT2D eigenvalue weighted by molar-refractivity contribution is -0.226. The van der Waals surface area contributed by atoms with Gasteiger partial charge in [0.25, 0.3) is 0 Å². The Morgan fingerprint density at radius 3 is 2.29 bits per heavy atom. The molecule has 2 aliphatic rings. The van der Waals surface area contributed by atoms with Gasteiger partial charge in [-0.25, -0.2) is 4.98 Å². The summed E-state index contributed by atoms with van der Waals surface area (Å²) in [7, 11) is 0. The smallest absolute Gasteiger partial charge is 0.433 e. The Morgan fingerprint density at radius 2 is 1.62 bits per heavy atom. The highest BCUT2D eigenvalue weighted by Crippen LogP contribution is 2.37. The zero-order valence-corrected chi connectivity index (χ0v) is 32.3. The lowest BCUT2D eigenvalue weighted by atomic mass is 9.91. The van der Waals surface area contributed by atoms with Gasteiger partial charge in [0.2, 0.25) is 5.88 Å². The van der Waals surface area contributed by atoms with Crippen molar-refractivity contribution in [1.29, 1.82) is 0 Å². The lowest BCUT2D eigenvalue weighted by Gasteiger charge is -2.42. The van der Waals surface area contributed by atoms with Gasteiger partial charge in [0.15, 0.2) is 6.10 Å². The first kappa shape index (κ1) is 40.9. The molecule has 0 bridgehead atoms. The number of hydrogen-bond acceptors (Lipinski definition) is 11. The van der Waals surface area contributed by atoms with Crippen LogP contribution in [-0.4, -0.2) is 102 Å². The highest BCUT2D eigenvalue weighted by Gasteiger charge is 2.47.